The lowest BCUT2D eigenvalue weighted by atomic mass is 9.80. The third-order valence-corrected chi connectivity index (χ3v) is 7.82. The highest BCUT2D eigenvalue weighted by atomic mass is 16.7. The monoisotopic (exact) mass is 578 g/mol. The number of aliphatic hydroxyl groups excluding tert-OH is 4. The summed E-state index contributed by atoms with van der Waals surface area (Å²) in [5.41, 5.74) is 0.148. The quantitative estimate of drug-likeness (QED) is 0.271. The van der Waals surface area contributed by atoms with E-state index in [2.05, 4.69) is 0 Å². The van der Waals surface area contributed by atoms with Crippen molar-refractivity contribution in [3.05, 3.63) is 47.5 Å². The van der Waals surface area contributed by atoms with Gasteiger partial charge in [-0.3, -0.25) is 4.79 Å². The molecule has 0 saturated carbocycles. The third kappa shape index (κ3) is 5.18. The van der Waals surface area contributed by atoms with E-state index in [1.54, 1.807) is 30.3 Å². The number of esters is 1. The fourth-order valence-electron chi connectivity index (χ4n) is 5.78. The zero-order chi connectivity index (χ0) is 29.5. The molecule has 13 nitrogen and oxygen atoms in total. The molecule has 0 radical (unpaired) electrons. The van der Waals surface area contributed by atoms with Crippen molar-refractivity contribution in [3.8, 4) is 23.0 Å². The lowest BCUT2D eigenvalue weighted by molar-refractivity contribution is -0.277. The molecule has 3 heterocycles. The van der Waals surface area contributed by atoms with Crippen molar-refractivity contribution >= 4 is 5.97 Å². The van der Waals surface area contributed by atoms with E-state index in [1.165, 1.54) is 27.2 Å². The molecule has 3 fully saturated rings. The van der Waals surface area contributed by atoms with Crippen LogP contribution in [0.5, 0.6) is 23.0 Å². The maximum Gasteiger partial charge on any atom is 0.303 e. The lowest BCUT2D eigenvalue weighted by Gasteiger charge is -2.39. The zero-order valence-electron chi connectivity index (χ0n) is 22.7. The van der Waals surface area contributed by atoms with Gasteiger partial charge in [0.25, 0.3) is 0 Å². The molecule has 0 spiro atoms. The van der Waals surface area contributed by atoms with Crippen molar-refractivity contribution in [2.75, 3.05) is 34.0 Å². The Labute approximate surface area is 235 Å². The summed E-state index contributed by atoms with van der Waals surface area (Å²) in [6.45, 7) is 0.966. The Morgan fingerprint density at radius 2 is 1.66 bits per heavy atom. The minimum Gasteiger partial charge on any atom is -0.504 e. The van der Waals surface area contributed by atoms with E-state index >= 15 is 0 Å². The van der Waals surface area contributed by atoms with Crippen LogP contribution in [-0.2, 0) is 23.7 Å². The van der Waals surface area contributed by atoms with Crippen molar-refractivity contribution < 1.29 is 63.5 Å². The van der Waals surface area contributed by atoms with Crippen molar-refractivity contribution in [2.24, 2.45) is 5.92 Å². The summed E-state index contributed by atoms with van der Waals surface area (Å²) in [5.74, 6) is -0.253. The van der Waals surface area contributed by atoms with Gasteiger partial charge in [0.1, 0.15) is 30.5 Å². The van der Waals surface area contributed by atoms with Crippen molar-refractivity contribution in [3.63, 3.8) is 0 Å². The fraction of sp³-hybridized carbons (Fsp3) is 0.536. The minimum absolute atomic E-state index is 0.0147. The number of carbonyl (C=O) groups is 1. The number of hydrogen-bond acceptors (Lipinski definition) is 13. The van der Waals surface area contributed by atoms with Gasteiger partial charge in [-0.1, -0.05) is 12.1 Å². The lowest BCUT2D eigenvalue weighted by Crippen LogP contribution is -2.60. The highest BCUT2D eigenvalue weighted by molar-refractivity contribution is 5.67. The number of aliphatic hydroxyl groups is 4. The minimum atomic E-state index is -1.60. The second kappa shape index (κ2) is 11.6. The molecule has 5 rings (SSSR count). The molecular formula is C28H34O13. The van der Waals surface area contributed by atoms with Crippen LogP contribution in [0, 0.1) is 5.92 Å². The van der Waals surface area contributed by atoms with E-state index in [9.17, 15) is 30.3 Å². The molecule has 0 bridgehead atoms. The first-order valence-corrected chi connectivity index (χ1v) is 13.1. The van der Waals surface area contributed by atoms with Crippen molar-refractivity contribution in [2.45, 2.75) is 55.4 Å². The van der Waals surface area contributed by atoms with Gasteiger partial charge in [-0.25, -0.2) is 0 Å². The van der Waals surface area contributed by atoms with E-state index in [1.807, 2.05) is 0 Å². The molecule has 0 aliphatic carbocycles. The second-order valence-electron chi connectivity index (χ2n) is 10.3. The molecular weight excluding hydrogens is 544 g/mol. The maximum absolute atomic E-state index is 12.3. The number of phenolic OH excluding ortho intramolecular Hbond substituents is 1. The largest absolute Gasteiger partial charge is 0.504 e. The molecule has 0 aromatic heterocycles. The molecule has 224 valence electrons. The van der Waals surface area contributed by atoms with E-state index < -0.39 is 61.1 Å². The van der Waals surface area contributed by atoms with Crippen molar-refractivity contribution in [1.29, 1.82) is 0 Å². The van der Waals surface area contributed by atoms with Crippen LogP contribution in [0.4, 0.5) is 0 Å². The standard InChI is InChI=1S/C28H34O13/c1-13(30)41-28-12-38-25(14-4-6-17(31)19(8-14)35-2)16(28)11-37-26(28)15-5-7-18(20(9-15)36-3)39-27-24(34)23(33)22(32)21(10-29)40-27/h4-9,16,21-27,29,31-34H,10-12H2,1-3H3/t16?,21-,22-,23+,24-,25-,26-,27-,28-/m1/s1. The molecule has 3 saturated heterocycles. The van der Waals surface area contributed by atoms with E-state index in [-0.39, 0.29) is 42.1 Å². The number of benzene rings is 2. The Balaban J connectivity index is 1.42. The summed E-state index contributed by atoms with van der Waals surface area (Å²) in [6, 6.07) is 9.76. The highest BCUT2D eigenvalue weighted by Crippen LogP contribution is 2.56. The molecule has 2 aromatic rings. The molecule has 3 aliphatic heterocycles. The van der Waals surface area contributed by atoms with Gasteiger partial charge in [0.15, 0.2) is 28.6 Å². The van der Waals surface area contributed by atoms with Gasteiger partial charge in [0.05, 0.1) is 46.1 Å². The predicted octanol–water partition coefficient (Wildman–Crippen LogP) is 0.349. The first kappa shape index (κ1) is 29.3. The Kier molecular flexibility index (Phi) is 8.30. The van der Waals surface area contributed by atoms with Gasteiger partial charge in [-0.2, -0.15) is 0 Å². The van der Waals surface area contributed by atoms with Crippen LogP contribution in [0.2, 0.25) is 0 Å². The SMILES string of the molecule is COc1cc([C@H]2OC[C@@]3(OC(C)=O)C2CO[C@@H]3c2ccc(O[C@@H]3O[C@H](CO)[C@@H](O)[C@H](O)[C@H]3O)c(OC)c2)ccc1O. The fourth-order valence-corrected chi connectivity index (χ4v) is 5.78. The van der Waals surface area contributed by atoms with E-state index in [0.29, 0.717) is 5.56 Å². The van der Waals surface area contributed by atoms with E-state index in [4.69, 9.17) is 33.2 Å². The number of ether oxygens (including phenoxy) is 7. The van der Waals surface area contributed by atoms with Gasteiger partial charge in [0.2, 0.25) is 6.29 Å². The van der Waals surface area contributed by atoms with Crippen LogP contribution in [0.1, 0.15) is 30.3 Å². The molecule has 1 unspecified atom stereocenters. The topological polar surface area (TPSA) is 183 Å². The summed E-state index contributed by atoms with van der Waals surface area (Å²) in [6.07, 6.45) is -8.53. The van der Waals surface area contributed by atoms with Crippen LogP contribution in [-0.4, -0.2) is 102 Å². The molecule has 5 N–H and O–H groups in total. The maximum atomic E-state index is 12.3. The molecule has 0 amide bonds. The number of rotatable bonds is 8. The molecule has 9 atom stereocenters. The Morgan fingerprint density at radius 1 is 0.951 bits per heavy atom. The van der Waals surface area contributed by atoms with Crippen molar-refractivity contribution in [1.82, 2.24) is 0 Å². The molecule has 13 heteroatoms. The average molecular weight is 579 g/mol. The van der Waals surface area contributed by atoms with Crippen LogP contribution >= 0.6 is 0 Å². The van der Waals surface area contributed by atoms with Gasteiger partial charge >= 0.3 is 5.97 Å². The van der Waals surface area contributed by atoms with Gasteiger partial charge in [-0.15, -0.1) is 0 Å². The molecule has 2 aromatic carbocycles. The predicted molar refractivity (Wildman–Crippen MR) is 137 cm³/mol. The third-order valence-electron chi connectivity index (χ3n) is 7.82. The van der Waals surface area contributed by atoms with Crippen LogP contribution < -0.4 is 14.2 Å². The second-order valence-corrected chi connectivity index (χ2v) is 10.3. The number of aromatic hydroxyl groups is 1. The zero-order valence-corrected chi connectivity index (χ0v) is 22.7. The normalized spacial score (nSPS) is 34.6. The van der Waals surface area contributed by atoms with Gasteiger partial charge in [0, 0.05) is 6.92 Å². The average Bonchev–Trinajstić information content (AvgIpc) is 3.49. The summed E-state index contributed by atoms with van der Waals surface area (Å²) in [4.78, 5) is 12.3. The summed E-state index contributed by atoms with van der Waals surface area (Å²) in [7, 11) is 2.86. The summed E-state index contributed by atoms with van der Waals surface area (Å²) >= 11 is 0. The number of phenols is 1. The highest BCUT2D eigenvalue weighted by Gasteiger charge is 2.63. The van der Waals surface area contributed by atoms with Crippen LogP contribution in [0.3, 0.4) is 0 Å². The van der Waals surface area contributed by atoms with Crippen LogP contribution in [0.25, 0.3) is 0 Å². The molecule has 3 aliphatic rings. The Morgan fingerprint density at radius 3 is 2.34 bits per heavy atom. The first-order chi connectivity index (χ1) is 19.6. The molecule has 41 heavy (non-hydrogen) atoms. The number of methoxy groups -OCH3 is 2. The number of fused-ring (bicyclic) bond motifs is 1. The number of carbonyl (C=O) groups excluding carboxylic acids is 1. The Hall–Kier alpha value is -3.17. The van der Waals surface area contributed by atoms with Crippen LogP contribution in [0.15, 0.2) is 36.4 Å². The Bertz CT molecular complexity index is 1250. The van der Waals surface area contributed by atoms with E-state index in [0.717, 1.165) is 5.56 Å². The van der Waals surface area contributed by atoms with Gasteiger partial charge < -0.3 is 58.7 Å². The summed E-state index contributed by atoms with van der Waals surface area (Å²) in [5, 5.41) is 50.0. The first-order valence-electron chi connectivity index (χ1n) is 13.1. The summed E-state index contributed by atoms with van der Waals surface area (Å²) < 4.78 is 40.3. The number of hydrogen-bond donors (Lipinski definition) is 5. The van der Waals surface area contributed by atoms with Gasteiger partial charge in [-0.05, 0) is 35.4 Å². The smallest absolute Gasteiger partial charge is 0.303 e.